The van der Waals surface area contributed by atoms with Gasteiger partial charge >= 0.3 is 0 Å². The number of carbonyl (C=O) groups excluding carboxylic acids is 1. The van der Waals surface area contributed by atoms with Crippen molar-refractivity contribution in [3.05, 3.63) is 70.5 Å². The van der Waals surface area contributed by atoms with Crippen LogP contribution in [0.15, 0.2) is 64.5 Å². The van der Waals surface area contributed by atoms with Crippen molar-refractivity contribution in [2.45, 2.75) is 49.7 Å². The molecule has 0 unspecified atom stereocenters. The first kappa shape index (κ1) is 21.7. The standard InChI is InChI=1S/C25H27N5O2S/c1-2-15-29-22(32)19-11-6-7-12-20(19)30-23(29)27-28-24(30)33-16-21(31)26-17-25(13-8-14-25)18-9-4-3-5-10-18/h3-7,9-12H,2,8,13-17H2,1H3,(H,26,31). The molecule has 33 heavy (non-hydrogen) atoms. The van der Waals surface area contributed by atoms with Gasteiger partial charge < -0.3 is 5.32 Å². The molecule has 1 amide bonds. The highest BCUT2D eigenvalue weighted by molar-refractivity contribution is 7.99. The van der Waals surface area contributed by atoms with Crippen molar-refractivity contribution >= 4 is 34.3 Å². The zero-order chi connectivity index (χ0) is 22.8. The number of rotatable bonds is 8. The second-order valence-corrected chi connectivity index (χ2v) is 9.60. The summed E-state index contributed by atoms with van der Waals surface area (Å²) in [6.45, 7) is 3.24. The van der Waals surface area contributed by atoms with E-state index in [0.29, 0.717) is 29.4 Å². The van der Waals surface area contributed by atoms with E-state index in [1.54, 1.807) is 4.57 Å². The van der Waals surface area contributed by atoms with E-state index in [9.17, 15) is 9.59 Å². The monoisotopic (exact) mass is 461 g/mol. The third-order valence-corrected chi connectivity index (χ3v) is 7.51. The summed E-state index contributed by atoms with van der Waals surface area (Å²) in [6.07, 6.45) is 4.20. The summed E-state index contributed by atoms with van der Waals surface area (Å²) >= 11 is 1.35. The Kier molecular flexibility index (Phi) is 5.93. The van der Waals surface area contributed by atoms with Gasteiger partial charge in [0.2, 0.25) is 11.7 Å². The molecule has 0 atom stereocenters. The van der Waals surface area contributed by atoms with Crippen molar-refractivity contribution < 1.29 is 4.79 Å². The van der Waals surface area contributed by atoms with Crippen molar-refractivity contribution in [1.82, 2.24) is 24.5 Å². The van der Waals surface area contributed by atoms with Gasteiger partial charge in [0.15, 0.2) is 5.16 Å². The summed E-state index contributed by atoms with van der Waals surface area (Å²) in [5, 5.41) is 13.0. The van der Waals surface area contributed by atoms with Crippen molar-refractivity contribution in [2.75, 3.05) is 12.3 Å². The van der Waals surface area contributed by atoms with Crippen LogP contribution in [0.3, 0.4) is 0 Å². The van der Waals surface area contributed by atoms with Crippen LogP contribution in [0.2, 0.25) is 0 Å². The minimum absolute atomic E-state index is 0.0230. The largest absolute Gasteiger partial charge is 0.354 e. The molecule has 1 aliphatic carbocycles. The Bertz CT molecular complexity index is 1360. The van der Waals surface area contributed by atoms with Crippen LogP contribution in [0.4, 0.5) is 0 Å². The molecule has 7 nitrogen and oxygen atoms in total. The second-order valence-electron chi connectivity index (χ2n) is 8.66. The van der Waals surface area contributed by atoms with Gasteiger partial charge in [0.05, 0.1) is 16.7 Å². The molecular weight excluding hydrogens is 434 g/mol. The van der Waals surface area contributed by atoms with Gasteiger partial charge in [-0.2, -0.15) is 0 Å². The van der Waals surface area contributed by atoms with Gasteiger partial charge in [-0.25, -0.2) is 0 Å². The molecule has 1 fully saturated rings. The smallest absolute Gasteiger partial charge is 0.262 e. The third kappa shape index (κ3) is 3.93. The van der Waals surface area contributed by atoms with E-state index in [1.807, 2.05) is 41.7 Å². The molecule has 0 saturated heterocycles. The number of carbonyl (C=O) groups is 1. The Morgan fingerprint density at radius 3 is 2.58 bits per heavy atom. The Hall–Kier alpha value is -3.13. The fourth-order valence-corrected chi connectivity index (χ4v) is 5.43. The van der Waals surface area contributed by atoms with E-state index < -0.39 is 0 Å². The van der Waals surface area contributed by atoms with Gasteiger partial charge in [-0.15, -0.1) is 10.2 Å². The van der Waals surface area contributed by atoms with Crippen LogP contribution in [0.25, 0.3) is 16.7 Å². The van der Waals surface area contributed by atoms with E-state index in [2.05, 4.69) is 39.8 Å². The number of para-hydroxylation sites is 1. The molecule has 0 aliphatic heterocycles. The van der Waals surface area contributed by atoms with Crippen molar-refractivity contribution in [1.29, 1.82) is 0 Å². The molecule has 5 rings (SSSR count). The Morgan fingerprint density at radius 2 is 1.85 bits per heavy atom. The maximum atomic E-state index is 12.9. The molecule has 0 bridgehead atoms. The number of amides is 1. The average molecular weight is 462 g/mol. The SMILES string of the molecule is CCCn1c(=O)c2ccccc2n2c(SCC(=O)NCC3(c4ccccc4)CCC3)nnc12. The first-order valence-corrected chi connectivity index (χ1v) is 12.4. The van der Waals surface area contributed by atoms with Crippen molar-refractivity contribution in [3.63, 3.8) is 0 Å². The van der Waals surface area contributed by atoms with Gasteiger partial charge in [0.1, 0.15) is 0 Å². The van der Waals surface area contributed by atoms with E-state index in [0.717, 1.165) is 24.8 Å². The molecule has 2 aromatic heterocycles. The zero-order valence-corrected chi connectivity index (χ0v) is 19.5. The van der Waals surface area contributed by atoms with Crippen LogP contribution in [0.5, 0.6) is 0 Å². The van der Waals surface area contributed by atoms with E-state index in [-0.39, 0.29) is 22.6 Å². The van der Waals surface area contributed by atoms with E-state index >= 15 is 0 Å². The van der Waals surface area contributed by atoms with Crippen molar-refractivity contribution in [2.24, 2.45) is 0 Å². The Labute approximate surface area is 196 Å². The summed E-state index contributed by atoms with van der Waals surface area (Å²) < 4.78 is 3.56. The third-order valence-electron chi connectivity index (χ3n) is 6.58. The molecule has 2 aromatic carbocycles. The lowest BCUT2D eigenvalue weighted by Crippen LogP contribution is -2.46. The van der Waals surface area contributed by atoms with E-state index in [4.69, 9.17) is 0 Å². The molecule has 1 N–H and O–H groups in total. The lowest BCUT2D eigenvalue weighted by molar-refractivity contribution is -0.119. The molecule has 1 saturated carbocycles. The van der Waals surface area contributed by atoms with Gasteiger partial charge in [0.25, 0.3) is 5.56 Å². The lowest BCUT2D eigenvalue weighted by Gasteiger charge is -2.42. The van der Waals surface area contributed by atoms with Crippen LogP contribution in [-0.4, -0.2) is 37.4 Å². The number of hydrogen-bond donors (Lipinski definition) is 1. The van der Waals surface area contributed by atoms with Gasteiger partial charge in [0, 0.05) is 18.5 Å². The molecule has 1 aliphatic rings. The minimum Gasteiger partial charge on any atom is -0.354 e. The first-order valence-electron chi connectivity index (χ1n) is 11.4. The molecule has 2 heterocycles. The zero-order valence-electron chi connectivity index (χ0n) is 18.7. The number of benzene rings is 2. The number of nitrogens with one attached hydrogen (secondary N) is 1. The predicted octanol–water partition coefficient (Wildman–Crippen LogP) is 3.78. The van der Waals surface area contributed by atoms with Crippen molar-refractivity contribution in [3.8, 4) is 0 Å². The Balaban J connectivity index is 1.35. The highest BCUT2D eigenvalue weighted by atomic mass is 32.2. The molecular formula is C25H27N5O2S. The molecule has 170 valence electrons. The predicted molar refractivity (Wildman–Crippen MR) is 131 cm³/mol. The normalized spacial score (nSPS) is 14.9. The first-order chi connectivity index (χ1) is 16.1. The maximum Gasteiger partial charge on any atom is 0.262 e. The number of hydrogen-bond acceptors (Lipinski definition) is 5. The van der Waals surface area contributed by atoms with Gasteiger partial charge in [-0.1, -0.05) is 67.6 Å². The quantitative estimate of drug-likeness (QED) is 0.404. The molecule has 0 spiro atoms. The fraction of sp³-hybridized carbons (Fsp3) is 0.360. The fourth-order valence-electron chi connectivity index (χ4n) is 4.66. The second kappa shape index (κ2) is 9.02. The number of nitrogens with zero attached hydrogens (tertiary/aromatic N) is 4. The average Bonchev–Trinajstić information content (AvgIpc) is 3.24. The minimum atomic E-state index is -0.0617. The summed E-state index contributed by atoms with van der Waals surface area (Å²) in [4.78, 5) is 25.7. The molecule has 0 radical (unpaired) electrons. The summed E-state index contributed by atoms with van der Waals surface area (Å²) in [5.41, 5.74) is 2.05. The van der Waals surface area contributed by atoms with Crippen LogP contribution >= 0.6 is 11.8 Å². The number of aryl methyl sites for hydroxylation is 1. The molecule has 8 heteroatoms. The Morgan fingerprint density at radius 1 is 1.09 bits per heavy atom. The highest BCUT2D eigenvalue weighted by Crippen LogP contribution is 2.43. The topological polar surface area (TPSA) is 81.3 Å². The summed E-state index contributed by atoms with van der Waals surface area (Å²) in [7, 11) is 0. The van der Waals surface area contributed by atoms with Crippen LogP contribution in [0, 0.1) is 0 Å². The van der Waals surface area contributed by atoms with Crippen LogP contribution < -0.4 is 10.9 Å². The number of thioether (sulfide) groups is 1. The summed E-state index contributed by atoms with van der Waals surface area (Å²) in [5.74, 6) is 0.735. The maximum absolute atomic E-state index is 12.9. The highest BCUT2D eigenvalue weighted by Gasteiger charge is 2.38. The lowest BCUT2D eigenvalue weighted by atomic mass is 9.64. The summed E-state index contributed by atoms with van der Waals surface area (Å²) in [6, 6.07) is 17.9. The van der Waals surface area contributed by atoms with Gasteiger partial charge in [-0.05, 0) is 37.0 Å². The number of aromatic nitrogens is 4. The van der Waals surface area contributed by atoms with Crippen LogP contribution in [-0.2, 0) is 16.8 Å². The van der Waals surface area contributed by atoms with Crippen LogP contribution in [0.1, 0.15) is 38.2 Å². The molecule has 4 aromatic rings. The van der Waals surface area contributed by atoms with Gasteiger partial charge in [-0.3, -0.25) is 18.6 Å². The van der Waals surface area contributed by atoms with E-state index in [1.165, 1.54) is 23.7 Å². The number of fused-ring (bicyclic) bond motifs is 3.